The Hall–Kier alpha value is -1.40. The van der Waals surface area contributed by atoms with Crippen LogP contribution in [0.15, 0.2) is 28.7 Å². The topological polar surface area (TPSA) is 53.9 Å². The van der Waals surface area contributed by atoms with Crippen LogP contribution in [0, 0.1) is 0 Å². The van der Waals surface area contributed by atoms with E-state index in [2.05, 4.69) is 21.2 Å². The van der Waals surface area contributed by atoms with E-state index in [0.29, 0.717) is 0 Å². The monoisotopic (exact) mass is 354 g/mol. The summed E-state index contributed by atoms with van der Waals surface area (Å²) in [6, 6.07) is 7.43. The summed E-state index contributed by atoms with van der Waals surface area (Å²) in [5.41, 5.74) is 0.803. The Morgan fingerprint density at radius 2 is 1.81 bits per heavy atom. The summed E-state index contributed by atoms with van der Waals surface area (Å²) >= 11 is 3.37. The van der Waals surface area contributed by atoms with Crippen molar-refractivity contribution in [2.45, 2.75) is 19.9 Å². The smallest absolute Gasteiger partial charge is 0.282 e. The lowest BCUT2D eigenvalue weighted by Crippen LogP contribution is -3.19. The van der Waals surface area contributed by atoms with Gasteiger partial charge in [0, 0.05) is 17.1 Å². The standard InChI is InChI=1S/C15H20BrN3O2/c1-11(18-7-9-19(10-8-18)12(2)20)15(21)17-14-5-3-13(16)4-6-14/h3-6,11H,7-10H2,1-2H3,(H,17,21)/p+1/t11-/m1/s1. The van der Waals surface area contributed by atoms with Gasteiger partial charge in [-0.25, -0.2) is 0 Å². The molecule has 0 saturated carbocycles. The van der Waals surface area contributed by atoms with Gasteiger partial charge in [0.1, 0.15) is 0 Å². The molecule has 1 aromatic rings. The van der Waals surface area contributed by atoms with Gasteiger partial charge in [0.05, 0.1) is 26.2 Å². The van der Waals surface area contributed by atoms with Crippen LogP contribution in [0.1, 0.15) is 13.8 Å². The predicted molar refractivity (Wildman–Crippen MR) is 85.2 cm³/mol. The van der Waals surface area contributed by atoms with Crippen LogP contribution in [-0.2, 0) is 9.59 Å². The first kappa shape index (κ1) is 16.0. The lowest BCUT2D eigenvalue weighted by Gasteiger charge is -2.34. The Morgan fingerprint density at radius 3 is 2.33 bits per heavy atom. The molecule has 1 aromatic carbocycles. The van der Waals surface area contributed by atoms with Gasteiger partial charge in [0.2, 0.25) is 5.91 Å². The molecule has 2 N–H and O–H groups in total. The summed E-state index contributed by atoms with van der Waals surface area (Å²) in [7, 11) is 0. The third-order valence-corrected chi connectivity index (χ3v) is 4.50. The molecule has 1 atom stereocenters. The van der Waals surface area contributed by atoms with Crippen LogP contribution in [0.2, 0.25) is 0 Å². The molecule has 5 nitrogen and oxygen atoms in total. The van der Waals surface area contributed by atoms with Crippen LogP contribution in [0.3, 0.4) is 0 Å². The van der Waals surface area contributed by atoms with Crippen molar-refractivity contribution in [3.63, 3.8) is 0 Å². The van der Waals surface area contributed by atoms with Crippen molar-refractivity contribution < 1.29 is 14.5 Å². The zero-order valence-electron chi connectivity index (χ0n) is 12.4. The molecule has 0 spiro atoms. The predicted octanol–water partition coefficient (Wildman–Crippen LogP) is 0.523. The highest BCUT2D eigenvalue weighted by molar-refractivity contribution is 9.10. The maximum Gasteiger partial charge on any atom is 0.282 e. The number of hydrogen-bond donors (Lipinski definition) is 2. The Bertz CT molecular complexity index is 510. The molecule has 1 aliphatic rings. The van der Waals surface area contributed by atoms with Gasteiger partial charge in [-0.05, 0) is 31.2 Å². The second kappa shape index (κ2) is 7.04. The van der Waals surface area contributed by atoms with Crippen LogP contribution in [0.4, 0.5) is 5.69 Å². The van der Waals surface area contributed by atoms with E-state index in [1.54, 1.807) is 6.92 Å². The first-order chi connectivity index (χ1) is 9.97. The number of anilines is 1. The van der Waals surface area contributed by atoms with Crippen LogP contribution < -0.4 is 10.2 Å². The number of nitrogens with one attached hydrogen (secondary N) is 2. The highest BCUT2D eigenvalue weighted by Gasteiger charge is 2.29. The second-order valence-corrected chi connectivity index (χ2v) is 6.30. The van der Waals surface area contributed by atoms with E-state index >= 15 is 0 Å². The van der Waals surface area contributed by atoms with E-state index in [1.807, 2.05) is 36.1 Å². The van der Waals surface area contributed by atoms with Gasteiger partial charge in [-0.2, -0.15) is 0 Å². The van der Waals surface area contributed by atoms with Crippen LogP contribution in [0.5, 0.6) is 0 Å². The third-order valence-electron chi connectivity index (χ3n) is 3.97. The summed E-state index contributed by atoms with van der Waals surface area (Å²) < 4.78 is 0.986. The van der Waals surface area contributed by atoms with Crippen molar-refractivity contribution in [2.75, 3.05) is 31.5 Å². The summed E-state index contributed by atoms with van der Waals surface area (Å²) in [5, 5.41) is 2.94. The Morgan fingerprint density at radius 1 is 1.24 bits per heavy atom. The maximum atomic E-state index is 12.3. The number of halogens is 1. The van der Waals surface area contributed by atoms with Gasteiger partial charge in [-0.3, -0.25) is 9.59 Å². The molecule has 6 heteroatoms. The lowest BCUT2D eigenvalue weighted by atomic mass is 10.2. The van der Waals surface area contributed by atoms with Gasteiger partial charge in [-0.1, -0.05) is 15.9 Å². The van der Waals surface area contributed by atoms with E-state index < -0.39 is 0 Å². The summed E-state index contributed by atoms with van der Waals surface area (Å²) in [5.74, 6) is 0.129. The average molecular weight is 355 g/mol. The first-order valence-electron chi connectivity index (χ1n) is 7.14. The molecule has 0 unspecified atom stereocenters. The summed E-state index contributed by atoms with van der Waals surface area (Å²) in [6.07, 6.45) is 0. The fourth-order valence-electron chi connectivity index (χ4n) is 2.51. The largest absolute Gasteiger partial charge is 0.332 e. The molecule has 2 rings (SSSR count). The Kier molecular flexibility index (Phi) is 5.36. The highest BCUT2D eigenvalue weighted by Crippen LogP contribution is 2.14. The van der Waals surface area contributed by atoms with Gasteiger partial charge in [0.15, 0.2) is 6.04 Å². The number of amides is 2. The number of piperazine rings is 1. The molecule has 21 heavy (non-hydrogen) atoms. The van der Waals surface area contributed by atoms with E-state index in [1.165, 1.54) is 4.90 Å². The van der Waals surface area contributed by atoms with Crippen LogP contribution >= 0.6 is 15.9 Å². The van der Waals surface area contributed by atoms with Gasteiger partial charge >= 0.3 is 0 Å². The number of benzene rings is 1. The fourth-order valence-corrected chi connectivity index (χ4v) is 2.78. The number of carbonyl (C=O) groups is 2. The Labute approximate surface area is 133 Å². The number of quaternary nitrogens is 1. The molecule has 0 bridgehead atoms. The van der Waals surface area contributed by atoms with Crippen LogP contribution in [0.25, 0.3) is 0 Å². The molecule has 114 valence electrons. The second-order valence-electron chi connectivity index (χ2n) is 5.38. The fraction of sp³-hybridized carbons (Fsp3) is 0.467. The van der Waals surface area contributed by atoms with Crippen molar-refractivity contribution in [2.24, 2.45) is 0 Å². The Balaban J connectivity index is 1.88. The van der Waals surface area contributed by atoms with Crippen molar-refractivity contribution in [1.29, 1.82) is 0 Å². The molecule has 1 saturated heterocycles. The maximum absolute atomic E-state index is 12.3. The molecule has 1 heterocycles. The minimum Gasteiger partial charge on any atom is -0.332 e. The minimum atomic E-state index is -0.122. The molecule has 2 amide bonds. The van der Waals surface area contributed by atoms with Gasteiger partial charge in [-0.15, -0.1) is 0 Å². The summed E-state index contributed by atoms with van der Waals surface area (Å²) in [6.45, 7) is 6.60. The van der Waals surface area contributed by atoms with Crippen molar-refractivity contribution in [3.8, 4) is 0 Å². The van der Waals surface area contributed by atoms with E-state index in [-0.39, 0.29) is 17.9 Å². The minimum absolute atomic E-state index is 0.0172. The quantitative estimate of drug-likeness (QED) is 0.831. The van der Waals surface area contributed by atoms with Crippen molar-refractivity contribution >= 4 is 33.4 Å². The lowest BCUT2D eigenvalue weighted by molar-refractivity contribution is -0.917. The molecule has 1 fully saturated rings. The average Bonchev–Trinajstić information content (AvgIpc) is 2.49. The molecule has 0 radical (unpaired) electrons. The normalized spacial score (nSPS) is 17.4. The molecular formula is C15H21BrN3O2+. The van der Waals surface area contributed by atoms with Crippen LogP contribution in [-0.4, -0.2) is 48.9 Å². The molecule has 0 aromatic heterocycles. The number of nitrogens with zero attached hydrogens (tertiary/aromatic N) is 1. The van der Waals surface area contributed by atoms with Crippen molar-refractivity contribution in [3.05, 3.63) is 28.7 Å². The van der Waals surface area contributed by atoms with Gasteiger partial charge in [0.25, 0.3) is 5.91 Å². The highest BCUT2D eigenvalue weighted by atomic mass is 79.9. The third kappa shape index (κ3) is 4.28. The van der Waals surface area contributed by atoms with Gasteiger partial charge < -0.3 is 15.1 Å². The number of carbonyl (C=O) groups excluding carboxylic acids is 2. The number of rotatable bonds is 3. The number of hydrogen-bond acceptors (Lipinski definition) is 2. The van der Waals surface area contributed by atoms with Crippen molar-refractivity contribution in [1.82, 2.24) is 4.90 Å². The van der Waals surface area contributed by atoms with E-state index in [0.717, 1.165) is 36.3 Å². The molecular weight excluding hydrogens is 334 g/mol. The first-order valence-corrected chi connectivity index (χ1v) is 7.93. The zero-order valence-corrected chi connectivity index (χ0v) is 13.9. The zero-order chi connectivity index (χ0) is 15.4. The van der Waals surface area contributed by atoms with E-state index in [4.69, 9.17) is 0 Å². The molecule has 0 aliphatic carbocycles. The summed E-state index contributed by atoms with van der Waals surface area (Å²) in [4.78, 5) is 26.7. The molecule has 1 aliphatic heterocycles. The van der Waals surface area contributed by atoms with E-state index in [9.17, 15) is 9.59 Å². The SMILES string of the molecule is CC(=O)N1CC[NH+]([C@H](C)C(=O)Nc2ccc(Br)cc2)CC1.